The van der Waals surface area contributed by atoms with Gasteiger partial charge in [-0.2, -0.15) is 0 Å². The molecule has 5 nitrogen and oxygen atoms in total. The highest BCUT2D eigenvalue weighted by Gasteiger charge is 2.57. The van der Waals surface area contributed by atoms with E-state index < -0.39 is 28.5 Å². The Labute approximate surface area is 87.0 Å². The van der Waals surface area contributed by atoms with E-state index in [1.54, 1.807) is 0 Å². The van der Waals surface area contributed by atoms with Gasteiger partial charge >= 0.3 is 5.97 Å². The molecular formula is C10H14O5. The van der Waals surface area contributed by atoms with Crippen molar-refractivity contribution in [2.45, 2.75) is 26.4 Å². The van der Waals surface area contributed by atoms with Gasteiger partial charge in [0.2, 0.25) is 0 Å². The maximum atomic E-state index is 11.1. The summed E-state index contributed by atoms with van der Waals surface area (Å²) in [6.45, 7) is 3.77. The SMILES string of the molecule is CC1=C(O)C(C)(C(=O)O)C(C)(O)C(O)=C1. The molecule has 1 aliphatic carbocycles. The number of allylic oxidation sites excluding steroid dienone is 2. The van der Waals surface area contributed by atoms with E-state index in [2.05, 4.69) is 0 Å². The fourth-order valence-corrected chi connectivity index (χ4v) is 1.60. The predicted molar refractivity (Wildman–Crippen MR) is 52.4 cm³/mol. The first-order valence-electron chi connectivity index (χ1n) is 4.43. The zero-order chi connectivity index (χ0) is 12.0. The third-order valence-corrected chi connectivity index (χ3v) is 3.10. The molecule has 5 heteroatoms. The molecule has 0 heterocycles. The number of carboxylic acids is 1. The lowest BCUT2D eigenvalue weighted by Crippen LogP contribution is -2.53. The lowest BCUT2D eigenvalue weighted by atomic mass is 9.68. The molecule has 0 saturated heterocycles. The van der Waals surface area contributed by atoms with Crippen LogP contribution in [0.1, 0.15) is 20.8 Å². The van der Waals surface area contributed by atoms with Crippen LogP contribution in [0.3, 0.4) is 0 Å². The van der Waals surface area contributed by atoms with Crippen LogP contribution in [-0.4, -0.2) is 32.0 Å². The van der Waals surface area contributed by atoms with Crippen molar-refractivity contribution in [3.63, 3.8) is 0 Å². The number of hydrogen-bond donors (Lipinski definition) is 4. The van der Waals surface area contributed by atoms with Crippen molar-refractivity contribution in [2.75, 3.05) is 0 Å². The molecule has 0 bridgehead atoms. The first-order valence-corrected chi connectivity index (χ1v) is 4.43. The molecule has 0 aromatic carbocycles. The van der Waals surface area contributed by atoms with Gasteiger partial charge in [0.1, 0.15) is 17.1 Å². The quantitative estimate of drug-likeness (QED) is 0.524. The first-order chi connectivity index (χ1) is 6.65. The summed E-state index contributed by atoms with van der Waals surface area (Å²) in [5, 5.41) is 38.2. The van der Waals surface area contributed by atoms with E-state index in [-0.39, 0.29) is 5.57 Å². The molecule has 0 aromatic rings. The molecule has 0 aromatic heterocycles. The van der Waals surface area contributed by atoms with Gasteiger partial charge in [0.05, 0.1) is 0 Å². The average molecular weight is 214 g/mol. The predicted octanol–water partition coefficient (Wildman–Crippen LogP) is 1.12. The Morgan fingerprint density at radius 3 is 2.20 bits per heavy atom. The molecule has 84 valence electrons. The fourth-order valence-electron chi connectivity index (χ4n) is 1.60. The summed E-state index contributed by atoms with van der Waals surface area (Å²) in [7, 11) is 0. The standard InChI is InChI=1S/C10H14O5/c1-5-4-6(11)10(3,15)9(2,7(5)12)8(13)14/h4,11-12,15H,1-3H3,(H,13,14). The molecular weight excluding hydrogens is 200 g/mol. The minimum absolute atomic E-state index is 0.226. The van der Waals surface area contributed by atoms with E-state index in [1.165, 1.54) is 6.92 Å². The Balaban J connectivity index is 3.51. The number of hydrogen-bond acceptors (Lipinski definition) is 4. The smallest absolute Gasteiger partial charge is 0.320 e. The third kappa shape index (κ3) is 1.23. The average Bonchev–Trinajstić information content (AvgIpc) is 2.12. The van der Waals surface area contributed by atoms with Gasteiger partial charge in [0.25, 0.3) is 0 Å². The summed E-state index contributed by atoms with van der Waals surface area (Å²) in [5.41, 5.74) is -3.73. The topological polar surface area (TPSA) is 98.0 Å². The number of carboxylic acid groups (broad SMARTS) is 1. The minimum Gasteiger partial charge on any atom is -0.511 e. The van der Waals surface area contributed by atoms with E-state index in [1.807, 2.05) is 0 Å². The Kier molecular flexibility index (Phi) is 2.32. The monoisotopic (exact) mass is 214 g/mol. The molecule has 1 rings (SSSR count). The number of aliphatic carboxylic acids is 1. The van der Waals surface area contributed by atoms with E-state index >= 15 is 0 Å². The molecule has 0 amide bonds. The maximum absolute atomic E-state index is 11.1. The molecule has 2 atom stereocenters. The molecule has 0 radical (unpaired) electrons. The molecule has 15 heavy (non-hydrogen) atoms. The minimum atomic E-state index is -2.03. The molecule has 0 saturated carbocycles. The van der Waals surface area contributed by atoms with Gasteiger partial charge in [-0.05, 0) is 32.4 Å². The van der Waals surface area contributed by atoms with Crippen molar-refractivity contribution in [1.29, 1.82) is 0 Å². The van der Waals surface area contributed by atoms with Gasteiger partial charge < -0.3 is 20.4 Å². The summed E-state index contributed by atoms with van der Waals surface area (Å²) in [6, 6.07) is 0. The Hall–Kier alpha value is -1.49. The van der Waals surface area contributed by atoms with E-state index in [0.717, 1.165) is 19.9 Å². The van der Waals surface area contributed by atoms with Gasteiger partial charge in [-0.25, -0.2) is 0 Å². The highest BCUT2D eigenvalue weighted by atomic mass is 16.4. The Morgan fingerprint density at radius 1 is 1.33 bits per heavy atom. The molecule has 1 aliphatic rings. The molecule has 2 unspecified atom stereocenters. The summed E-state index contributed by atoms with van der Waals surface area (Å²) < 4.78 is 0. The number of carbonyl (C=O) groups is 1. The lowest BCUT2D eigenvalue weighted by molar-refractivity contribution is -0.163. The van der Waals surface area contributed by atoms with Crippen molar-refractivity contribution < 1.29 is 25.2 Å². The van der Waals surface area contributed by atoms with Crippen LogP contribution in [0, 0.1) is 5.41 Å². The number of rotatable bonds is 1. The van der Waals surface area contributed by atoms with Gasteiger partial charge in [0, 0.05) is 0 Å². The van der Waals surface area contributed by atoms with Gasteiger partial charge in [-0.1, -0.05) is 0 Å². The zero-order valence-corrected chi connectivity index (χ0v) is 8.77. The van der Waals surface area contributed by atoms with Crippen molar-refractivity contribution in [1.82, 2.24) is 0 Å². The molecule has 0 aliphatic heterocycles. The largest absolute Gasteiger partial charge is 0.511 e. The van der Waals surface area contributed by atoms with Crippen LogP contribution < -0.4 is 0 Å². The van der Waals surface area contributed by atoms with Crippen LogP contribution in [0.4, 0.5) is 0 Å². The highest BCUT2D eigenvalue weighted by molar-refractivity contribution is 5.81. The second-order valence-corrected chi connectivity index (χ2v) is 4.06. The third-order valence-electron chi connectivity index (χ3n) is 3.10. The molecule has 0 spiro atoms. The second kappa shape index (κ2) is 3.00. The van der Waals surface area contributed by atoms with Crippen LogP contribution in [0.5, 0.6) is 0 Å². The first kappa shape index (κ1) is 11.6. The van der Waals surface area contributed by atoms with Crippen LogP contribution in [0.15, 0.2) is 23.2 Å². The van der Waals surface area contributed by atoms with Crippen LogP contribution in [0.25, 0.3) is 0 Å². The maximum Gasteiger partial charge on any atom is 0.320 e. The van der Waals surface area contributed by atoms with Gasteiger partial charge in [-0.15, -0.1) is 0 Å². The van der Waals surface area contributed by atoms with Crippen molar-refractivity contribution >= 4 is 5.97 Å². The zero-order valence-electron chi connectivity index (χ0n) is 8.77. The van der Waals surface area contributed by atoms with Crippen molar-refractivity contribution in [3.05, 3.63) is 23.2 Å². The number of aliphatic hydroxyl groups is 3. The Bertz CT molecular complexity index is 377. The van der Waals surface area contributed by atoms with Crippen LogP contribution >= 0.6 is 0 Å². The van der Waals surface area contributed by atoms with Crippen LogP contribution in [0.2, 0.25) is 0 Å². The summed E-state index contributed by atoms with van der Waals surface area (Å²) in [6.07, 6.45) is 1.15. The molecule has 0 fully saturated rings. The summed E-state index contributed by atoms with van der Waals surface area (Å²) >= 11 is 0. The summed E-state index contributed by atoms with van der Waals surface area (Å²) in [4.78, 5) is 11.1. The Morgan fingerprint density at radius 2 is 1.80 bits per heavy atom. The van der Waals surface area contributed by atoms with E-state index in [9.17, 15) is 20.1 Å². The van der Waals surface area contributed by atoms with Crippen molar-refractivity contribution in [2.24, 2.45) is 5.41 Å². The molecule has 4 N–H and O–H groups in total. The van der Waals surface area contributed by atoms with E-state index in [4.69, 9.17) is 5.11 Å². The highest BCUT2D eigenvalue weighted by Crippen LogP contribution is 2.45. The normalized spacial score (nSPS) is 36.4. The van der Waals surface area contributed by atoms with Gasteiger partial charge in [-0.3, -0.25) is 4.79 Å². The van der Waals surface area contributed by atoms with Gasteiger partial charge in [0.15, 0.2) is 5.41 Å². The summed E-state index contributed by atoms with van der Waals surface area (Å²) in [5.74, 6) is -2.32. The second-order valence-electron chi connectivity index (χ2n) is 4.06. The van der Waals surface area contributed by atoms with E-state index in [0.29, 0.717) is 0 Å². The van der Waals surface area contributed by atoms with Crippen molar-refractivity contribution in [3.8, 4) is 0 Å². The lowest BCUT2D eigenvalue weighted by Gasteiger charge is -2.41. The van der Waals surface area contributed by atoms with Crippen LogP contribution in [-0.2, 0) is 4.79 Å². The number of aliphatic hydroxyl groups excluding tert-OH is 2. The fraction of sp³-hybridized carbons (Fsp3) is 0.500.